The molecule has 0 radical (unpaired) electrons. The van der Waals surface area contributed by atoms with Crippen LogP contribution in [0.5, 0.6) is 0 Å². The zero-order chi connectivity index (χ0) is 22.0. The van der Waals surface area contributed by atoms with Crippen molar-refractivity contribution < 1.29 is 22.0 Å². The monoisotopic (exact) mass is 430 g/mol. The second-order valence-corrected chi connectivity index (χ2v) is 6.22. The minimum Gasteiger partial charge on any atom is -0.321 e. The number of nitrogens with one attached hydrogen (secondary N) is 1. The lowest BCUT2D eigenvalue weighted by atomic mass is 10.0. The summed E-state index contributed by atoms with van der Waals surface area (Å²) in [6.45, 7) is 0. The van der Waals surface area contributed by atoms with Crippen molar-refractivity contribution in [3.63, 3.8) is 0 Å². The molecule has 0 spiro atoms. The highest BCUT2D eigenvalue weighted by Crippen LogP contribution is 2.32. The van der Waals surface area contributed by atoms with E-state index in [-0.39, 0.29) is 34.2 Å². The normalized spacial score (nSPS) is 11.4. The van der Waals surface area contributed by atoms with Crippen molar-refractivity contribution >= 4 is 11.6 Å². The molecule has 0 bridgehead atoms. The Morgan fingerprint density at radius 2 is 1.55 bits per heavy atom. The van der Waals surface area contributed by atoms with Gasteiger partial charge in [-0.2, -0.15) is 13.2 Å². The van der Waals surface area contributed by atoms with Crippen LogP contribution in [-0.4, -0.2) is 25.1 Å². The van der Waals surface area contributed by atoms with Crippen molar-refractivity contribution in [1.82, 2.24) is 25.1 Å². The predicted molar refractivity (Wildman–Crippen MR) is 101 cm³/mol. The van der Waals surface area contributed by atoms with Crippen LogP contribution in [0.1, 0.15) is 5.69 Å². The Morgan fingerprint density at radius 1 is 0.774 bits per heavy atom. The summed E-state index contributed by atoms with van der Waals surface area (Å²) in [5.41, 5.74) is -0.903. The maximum absolute atomic E-state index is 14.5. The van der Waals surface area contributed by atoms with Gasteiger partial charge in [-0.1, -0.05) is 12.1 Å². The molecule has 0 aliphatic rings. The van der Waals surface area contributed by atoms with E-state index in [9.17, 15) is 22.0 Å². The molecule has 0 amide bonds. The summed E-state index contributed by atoms with van der Waals surface area (Å²) in [5.74, 6) is -1.47. The maximum Gasteiger partial charge on any atom is 0.433 e. The van der Waals surface area contributed by atoms with Crippen molar-refractivity contribution in [2.45, 2.75) is 6.18 Å². The summed E-state index contributed by atoms with van der Waals surface area (Å²) in [6.07, 6.45) is -1.32. The fraction of sp³-hybridized carbons (Fsp3) is 0.0500. The predicted octanol–water partition coefficient (Wildman–Crippen LogP) is 5.04. The molecule has 1 N–H and O–H groups in total. The Hall–Kier alpha value is -4.02. The second-order valence-electron chi connectivity index (χ2n) is 6.22. The van der Waals surface area contributed by atoms with Crippen molar-refractivity contribution in [3.05, 3.63) is 78.4 Å². The van der Waals surface area contributed by atoms with Crippen LogP contribution >= 0.6 is 0 Å². The summed E-state index contributed by atoms with van der Waals surface area (Å²) in [4.78, 5) is 11.2. The van der Waals surface area contributed by atoms with E-state index in [1.54, 1.807) is 6.07 Å². The molecule has 6 nitrogen and oxygen atoms in total. The van der Waals surface area contributed by atoms with Crippen LogP contribution in [0.3, 0.4) is 0 Å². The van der Waals surface area contributed by atoms with Crippen molar-refractivity contribution in [2.24, 2.45) is 0 Å². The molecule has 0 unspecified atom stereocenters. The van der Waals surface area contributed by atoms with E-state index in [1.165, 1.54) is 30.5 Å². The molecule has 0 aliphatic carbocycles. The number of hydrogen-bond donors (Lipinski definition) is 1. The lowest BCUT2D eigenvalue weighted by molar-refractivity contribution is -0.141. The number of anilines is 2. The molecule has 4 rings (SSSR count). The molecule has 3 heterocycles. The molecule has 0 saturated carbocycles. The van der Waals surface area contributed by atoms with Gasteiger partial charge >= 0.3 is 6.18 Å². The molecule has 156 valence electrons. The largest absolute Gasteiger partial charge is 0.433 e. The third kappa shape index (κ3) is 4.29. The molecule has 4 aromatic rings. The molecule has 0 saturated heterocycles. The van der Waals surface area contributed by atoms with Gasteiger partial charge < -0.3 is 5.32 Å². The number of nitrogens with zero attached hydrogens (tertiary/aromatic N) is 5. The number of alkyl halides is 3. The van der Waals surface area contributed by atoms with E-state index < -0.39 is 23.5 Å². The summed E-state index contributed by atoms with van der Waals surface area (Å²) in [7, 11) is 0. The van der Waals surface area contributed by atoms with E-state index >= 15 is 0 Å². The zero-order valence-electron chi connectivity index (χ0n) is 15.4. The molecular weight excluding hydrogens is 419 g/mol. The maximum atomic E-state index is 14.5. The smallest absolute Gasteiger partial charge is 0.321 e. The van der Waals surface area contributed by atoms with Gasteiger partial charge in [0.25, 0.3) is 0 Å². The van der Waals surface area contributed by atoms with E-state index in [0.29, 0.717) is 0 Å². The Morgan fingerprint density at radius 3 is 2.23 bits per heavy atom. The first kappa shape index (κ1) is 20.3. The highest BCUT2D eigenvalue weighted by Gasteiger charge is 2.32. The van der Waals surface area contributed by atoms with E-state index in [0.717, 1.165) is 24.5 Å². The lowest BCUT2D eigenvalue weighted by Gasteiger charge is -2.12. The van der Waals surface area contributed by atoms with Gasteiger partial charge in [0.2, 0.25) is 5.95 Å². The first-order valence-electron chi connectivity index (χ1n) is 8.72. The number of aromatic nitrogens is 5. The van der Waals surface area contributed by atoms with Crippen molar-refractivity contribution in [3.8, 4) is 22.5 Å². The highest BCUT2D eigenvalue weighted by atomic mass is 19.4. The van der Waals surface area contributed by atoms with Crippen LogP contribution in [0, 0.1) is 11.6 Å². The van der Waals surface area contributed by atoms with E-state index in [4.69, 9.17) is 0 Å². The summed E-state index contributed by atoms with van der Waals surface area (Å²) in [5, 5.41) is 10.5. The fourth-order valence-corrected chi connectivity index (χ4v) is 2.73. The Bertz CT molecular complexity index is 1230. The molecule has 0 atom stereocenters. The number of halogens is 5. The van der Waals surface area contributed by atoms with Crippen molar-refractivity contribution in [1.29, 1.82) is 0 Å². The molecule has 11 heteroatoms. The summed E-state index contributed by atoms with van der Waals surface area (Å²) in [6, 6.07) is 8.96. The molecular formula is C20H11F5N6. The average Bonchev–Trinajstić information content (AvgIpc) is 2.74. The quantitative estimate of drug-likeness (QED) is 0.458. The third-order valence-electron chi connectivity index (χ3n) is 4.15. The van der Waals surface area contributed by atoms with Gasteiger partial charge in [0.15, 0.2) is 5.82 Å². The Kier molecular flexibility index (Phi) is 5.24. The fourth-order valence-electron chi connectivity index (χ4n) is 2.73. The van der Waals surface area contributed by atoms with Crippen LogP contribution in [0.2, 0.25) is 0 Å². The SMILES string of the molecule is Fc1cnccc1-c1nnc(Nc2ccc(C(F)(F)F)nc2)nc1-c1ccccc1F. The van der Waals surface area contributed by atoms with E-state index in [1.807, 2.05) is 0 Å². The zero-order valence-corrected chi connectivity index (χ0v) is 15.4. The Balaban J connectivity index is 1.77. The number of benzene rings is 1. The standard InChI is InChI=1S/C20H11F5N6/c21-14-4-2-1-3-12(14)17-18(13-7-8-26-10-15(13)22)30-31-19(29-17)28-11-5-6-16(27-9-11)20(23,24)25/h1-10H,(H,28,29,31). The molecule has 1 aromatic carbocycles. The van der Waals surface area contributed by atoms with Crippen LogP contribution < -0.4 is 5.32 Å². The van der Waals surface area contributed by atoms with Gasteiger partial charge in [-0.25, -0.2) is 18.7 Å². The summed E-state index contributed by atoms with van der Waals surface area (Å²) >= 11 is 0. The van der Waals surface area contributed by atoms with Crippen LogP contribution in [0.4, 0.5) is 33.6 Å². The van der Waals surface area contributed by atoms with Gasteiger partial charge in [-0.05, 0) is 30.3 Å². The van der Waals surface area contributed by atoms with Gasteiger partial charge in [-0.15, -0.1) is 10.2 Å². The van der Waals surface area contributed by atoms with Crippen LogP contribution in [0.25, 0.3) is 22.5 Å². The minimum atomic E-state index is -4.58. The average molecular weight is 430 g/mol. The van der Waals surface area contributed by atoms with Crippen LogP contribution in [-0.2, 0) is 6.18 Å². The van der Waals surface area contributed by atoms with Gasteiger partial charge in [-0.3, -0.25) is 4.98 Å². The first-order chi connectivity index (χ1) is 14.8. The Labute approximate surface area is 171 Å². The number of rotatable bonds is 4. The number of hydrogen-bond acceptors (Lipinski definition) is 6. The van der Waals surface area contributed by atoms with Gasteiger partial charge in [0.05, 0.1) is 18.1 Å². The van der Waals surface area contributed by atoms with Gasteiger partial charge in [0.1, 0.15) is 22.9 Å². The topological polar surface area (TPSA) is 76.5 Å². The third-order valence-corrected chi connectivity index (χ3v) is 4.15. The molecule has 3 aromatic heterocycles. The molecule has 0 fully saturated rings. The number of pyridine rings is 2. The minimum absolute atomic E-state index is 0.0102. The van der Waals surface area contributed by atoms with Crippen LogP contribution in [0.15, 0.2) is 61.1 Å². The molecule has 31 heavy (non-hydrogen) atoms. The van der Waals surface area contributed by atoms with E-state index in [2.05, 4.69) is 30.5 Å². The highest BCUT2D eigenvalue weighted by molar-refractivity contribution is 5.78. The lowest BCUT2D eigenvalue weighted by Crippen LogP contribution is -2.08. The molecule has 0 aliphatic heterocycles. The second kappa shape index (κ2) is 8.01. The van der Waals surface area contributed by atoms with Gasteiger partial charge in [0, 0.05) is 17.3 Å². The van der Waals surface area contributed by atoms with Crippen molar-refractivity contribution in [2.75, 3.05) is 5.32 Å². The first-order valence-corrected chi connectivity index (χ1v) is 8.72. The summed E-state index contributed by atoms with van der Waals surface area (Å²) < 4.78 is 66.8.